The second-order valence-electron chi connectivity index (χ2n) is 12.9. The van der Waals surface area contributed by atoms with Crippen LogP contribution in [0.15, 0.2) is 73.2 Å². The van der Waals surface area contributed by atoms with Gasteiger partial charge in [-0.25, -0.2) is 29.3 Å². The Morgan fingerprint density at radius 2 is 0.632 bits per heavy atom. The summed E-state index contributed by atoms with van der Waals surface area (Å²) in [6.45, 7) is 2.69. The number of aromatic nitrogens is 3. The van der Waals surface area contributed by atoms with E-state index in [1.807, 2.05) is 18.2 Å². The van der Waals surface area contributed by atoms with Gasteiger partial charge in [0.2, 0.25) is 0 Å². The first kappa shape index (κ1) is 43.6. The van der Waals surface area contributed by atoms with Crippen molar-refractivity contribution in [2.75, 3.05) is 39.6 Å². The van der Waals surface area contributed by atoms with Crippen molar-refractivity contribution < 1.29 is 58.1 Å². The lowest BCUT2D eigenvalue weighted by atomic mass is 10.2. The summed E-state index contributed by atoms with van der Waals surface area (Å²) in [5, 5.41) is 27.8. The molecule has 0 aliphatic carbocycles. The van der Waals surface area contributed by atoms with Crippen molar-refractivity contribution in [2.45, 2.75) is 77.0 Å². The van der Waals surface area contributed by atoms with E-state index >= 15 is 0 Å². The molecule has 15 nitrogen and oxygen atoms in total. The van der Waals surface area contributed by atoms with Crippen LogP contribution in [-0.4, -0.2) is 87.8 Å². The van der Waals surface area contributed by atoms with Gasteiger partial charge >= 0.3 is 17.9 Å². The second-order valence-corrected chi connectivity index (χ2v) is 12.9. The number of aromatic carboxylic acids is 3. The predicted octanol–water partition coefficient (Wildman–Crippen LogP) is 8.02. The Kier molecular flexibility index (Phi) is 19.2. The quantitative estimate of drug-likeness (QED) is 0.0428. The smallest absolute Gasteiger partial charge is 0.358 e. The molecule has 0 radical (unpaired) electrons. The molecule has 0 aliphatic heterocycles. The molecule has 0 fully saturated rings. The number of rotatable bonds is 30. The number of ether oxygens (including phenoxy) is 6. The standard InChI is InChI=1S/C42H51N3O12/c46-40(47)37-34(16-13-19-43-37)55-25-10-4-1-7-22-52-31-28-32(53-23-8-2-5-11-26-56-35-17-14-20-44-38(35)41(48)49)30-33(29-31)54-24-9-3-6-12-27-57-36-18-15-21-45-39(36)42(50)51/h13-21,28-30H,1-12,22-27H2,(H,46,47)(H,48,49)(H,50,51). The van der Waals surface area contributed by atoms with E-state index < -0.39 is 17.9 Å². The first-order valence-corrected chi connectivity index (χ1v) is 19.3. The van der Waals surface area contributed by atoms with Gasteiger partial charge < -0.3 is 43.7 Å². The normalized spacial score (nSPS) is 10.7. The molecule has 0 bridgehead atoms. The zero-order valence-electron chi connectivity index (χ0n) is 32.0. The number of carboxylic acids is 3. The van der Waals surface area contributed by atoms with E-state index in [0.29, 0.717) is 56.9 Å². The highest BCUT2D eigenvalue weighted by molar-refractivity contribution is 5.89. The minimum atomic E-state index is -1.12. The van der Waals surface area contributed by atoms with Crippen LogP contribution < -0.4 is 28.4 Å². The van der Waals surface area contributed by atoms with Crippen LogP contribution in [0.3, 0.4) is 0 Å². The number of carboxylic acid groups (broad SMARTS) is 3. The third-order valence-electron chi connectivity index (χ3n) is 8.47. The number of hydrogen-bond acceptors (Lipinski definition) is 12. The lowest BCUT2D eigenvalue weighted by Crippen LogP contribution is -2.07. The lowest BCUT2D eigenvalue weighted by Gasteiger charge is -2.14. The Balaban J connectivity index is 1.16. The fourth-order valence-electron chi connectivity index (χ4n) is 5.59. The molecular formula is C42H51N3O12. The van der Waals surface area contributed by atoms with Gasteiger partial charge in [0.05, 0.1) is 39.6 Å². The third-order valence-corrected chi connectivity index (χ3v) is 8.47. The Morgan fingerprint density at radius 1 is 0.386 bits per heavy atom. The summed E-state index contributed by atoms with van der Waals surface area (Å²) in [6.07, 6.45) is 14.4. The van der Waals surface area contributed by atoms with Crippen LogP contribution in [0.5, 0.6) is 34.5 Å². The van der Waals surface area contributed by atoms with Gasteiger partial charge in [-0.05, 0) is 113 Å². The number of carbonyl (C=O) groups is 3. The summed E-state index contributed by atoms with van der Waals surface area (Å²) in [5.74, 6) is -0.637. The SMILES string of the molecule is O=C(O)c1ncccc1OCCCCCCOc1cc(OCCCCCCOc2cccnc2C(=O)O)cc(OCCCCCCOc2cccnc2C(=O)O)c1. The van der Waals surface area contributed by atoms with Gasteiger partial charge in [0, 0.05) is 36.8 Å². The predicted molar refractivity (Wildman–Crippen MR) is 208 cm³/mol. The van der Waals surface area contributed by atoms with Gasteiger partial charge in [-0.2, -0.15) is 0 Å². The summed E-state index contributed by atoms with van der Waals surface area (Å²) < 4.78 is 35.2. The minimum absolute atomic E-state index is 0.0936. The fourth-order valence-corrected chi connectivity index (χ4v) is 5.59. The molecule has 3 aromatic heterocycles. The van der Waals surface area contributed by atoms with E-state index in [4.69, 9.17) is 28.4 Å². The largest absolute Gasteiger partial charge is 0.493 e. The average Bonchev–Trinajstić information content (AvgIpc) is 3.21. The molecule has 3 N–H and O–H groups in total. The van der Waals surface area contributed by atoms with Crippen LogP contribution in [0.4, 0.5) is 0 Å². The van der Waals surface area contributed by atoms with Crippen LogP contribution in [0.2, 0.25) is 0 Å². The molecule has 0 amide bonds. The van der Waals surface area contributed by atoms with Crippen molar-refractivity contribution in [1.82, 2.24) is 15.0 Å². The van der Waals surface area contributed by atoms with Crippen LogP contribution in [0.1, 0.15) is 109 Å². The van der Waals surface area contributed by atoms with Crippen molar-refractivity contribution in [3.63, 3.8) is 0 Å². The van der Waals surface area contributed by atoms with Crippen LogP contribution in [0, 0.1) is 0 Å². The highest BCUT2D eigenvalue weighted by atomic mass is 16.5. The minimum Gasteiger partial charge on any atom is -0.493 e. The van der Waals surface area contributed by atoms with Crippen molar-refractivity contribution in [3.05, 3.63) is 90.3 Å². The summed E-state index contributed by atoms with van der Waals surface area (Å²) in [6, 6.07) is 15.3. The van der Waals surface area contributed by atoms with Gasteiger partial charge in [0.15, 0.2) is 34.3 Å². The number of pyridine rings is 3. The van der Waals surface area contributed by atoms with E-state index in [2.05, 4.69) is 15.0 Å². The molecule has 0 saturated carbocycles. The molecule has 0 saturated heterocycles. The Labute approximate surface area is 331 Å². The van der Waals surface area contributed by atoms with E-state index in [1.54, 1.807) is 36.4 Å². The number of hydrogen-bond donors (Lipinski definition) is 3. The molecule has 0 spiro atoms. The Morgan fingerprint density at radius 3 is 0.877 bits per heavy atom. The van der Waals surface area contributed by atoms with Gasteiger partial charge in [-0.15, -0.1) is 0 Å². The topological polar surface area (TPSA) is 206 Å². The molecule has 3 heterocycles. The highest BCUT2D eigenvalue weighted by Gasteiger charge is 2.14. The summed E-state index contributed by atoms with van der Waals surface area (Å²) in [7, 11) is 0. The first-order valence-electron chi connectivity index (χ1n) is 19.3. The molecule has 306 valence electrons. The van der Waals surface area contributed by atoms with E-state index in [0.717, 1.165) is 77.0 Å². The van der Waals surface area contributed by atoms with Crippen molar-refractivity contribution in [3.8, 4) is 34.5 Å². The molecule has 4 aromatic rings. The molecule has 4 rings (SSSR count). The molecule has 57 heavy (non-hydrogen) atoms. The molecule has 0 unspecified atom stereocenters. The van der Waals surface area contributed by atoms with Crippen molar-refractivity contribution >= 4 is 17.9 Å². The monoisotopic (exact) mass is 789 g/mol. The summed E-state index contributed by atoms with van der Waals surface area (Å²) in [5.41, 5.74) is -0.281. The average molecular weight is 790 g/mol. The number of benzene rings is 1. The number of unbranched alkanes of at least 4 members (excludes halogenated alkanes) is 9. The Bertz CT molecular complexity index is 1620. The fraction of sp³-hybridized carbons (Fsp3) is 0.429. The maximum atomic E-state index is 11.3. The molecule has 1 aromatic carbocycles. The number of nitrogens with zero attached hydrogens (tertiary/aromatic N) is 3. The zero-order chi connectivity index (χ0) is 40.5. The highest BCUT2D eigenvalue weighted by Crippen LogP contribution is 2.29. The third kappa shape index (κ3) is 16.3. The van der Waals surface area contributed by atoms with Gasteiger partial charge in [0.1, 0.15) is 17.2 Å². The molecular weight excluding hydrogens is 738 g/mol. The van der Waals surface area contributed by atoms with E-state index in [1.165, 1.54) is 18.6 Å². The second kappa shape index (κ2) is 25.1. The van der Waals surface area contributed by atoms with Crippen LogP contribution in [-0.2, 0) is 0 Å². The first-order chi connectivity index (χ1) is 27.8. The maximum absolute atomic E-state index is 11.3. The lowest BCUT2D eigenvalue weighted by molar-refractivity contribution is 0.0674. The van der Waals surface area contributed by atoms with E-state index in [9.17, 15) is 29.7 Å². The van der Waals surface area contributed by atoms with Crippen molar-refractivity contribution in [2.24, 2.45) is 0 Å². The van der Waals surface area contributed by atoms with Crippen LogP contribution in [0.25, 0.3) is 0 Å². The Hall–Kier alpha value is -6.12. The molecule has 15 heteroatoms. The van der Waals surface area contributed by atoms with Crippen LogP contribution >= 0.6 is 0 Å². The molecule has 0 atom stereocenters. The summed E-state index contributed by atoms with van der Waals surface area (Å²) in [4.78, 5) is 45.5. The van der Waals surface area contributed by atoms with E-state index in [-0.39, 0.29) is 34.3 Å². The van der Waals surface area contributed by atoms with Gasteiger partial charge in [-0.3, -0.25) is 0 Å². The zero-order valence-corrected chi connectivity index (χ0v) is 32.0. The summed E-state index contributed by atoms with van der Waals surface area (Å²) >= 11 is 0. The van der Waals surface area contributed by atoms with Crippen molar-refractivity contribution in [1.29, 1.82) is 0 Å². The maximum Gasteiger partial charge on any atom is 0.358 e. The van der Waals surface area contributed by atoms with Gasteiger partial charge in [0.25, 0.3) is 0 Å². The molecule has 0 aliphatic rings. The van der Waals surface area contributed by atoms with Gasteiger partial charge in [-0.1, -0.05) is 0 Å².